The van der Waals surface area contributed by atoms with Gasteiger partial charge in [0.05, 0.1) is 7.05 Å². The second-order valence-electron chi connectivity index (χ2n) is 5.88. The molecule has 5 nitrogen and oxygen atoms in total. The first-order chi connectivity index (χ1) is 11.8. The monoisotopic (exact) mass is 408 g/mol. The summed E-state index contributed by atoms with van der Waals surface area (Å²) in [6, 6.07) is 11.2. The van der Waals surface area contributed by atoms with Crippen molar-refractivity contribution in [3.63, 3.8) is 0 Å². The molecule has 132 valence electrons. The molecule has 0 bridgehead atoms. The molecule has 0 saturated heterocycles. The van der Waals surface area contributed by atoms with Gasteiger partial charge in [-0.15, -0.1) is 0 Å². The van der Waals surface area contributed by atoms with Crippen molar-refractivity contribution in [2.24, 2.45) is 0 Å². The van der Waals surface area contributed by atoms with Crippen LogP contribution in [0.5, 0.6) is 0 Å². The van der Waals surface area contributed by atoms with Gasteiger partial charge in [0.25, 0.3) is 11.8 Å². The molecule has 2 aromatic carbocycles. The van der Waals surface area contributed by atoms with Crippen LogP contribution in [0.25, 0.3) is 0 Å². The lowest BCUT2D eigenvalue weighted by Crippen LogP contribution is -3.11. The molecular weight excluding hydrogens is 389 g/mol. The lowest BCUT2D eigenvalue weighted by atomic mass is 10.2. The lowest BCUT2D eigenvalue weighted by Gasteiger charge is -2.14. The Morgan fingerprint density at radius 1 is 1.04 bits per heavy atom. The number of benzene rings is 2. The number of hydrogen-bond acceptors (Lipinski definition) is 2. The lowest BCUT2D eigenvalue weighted by molar-refractivity contribution is -0.862. The number of halogens is 2. The number of carbonyl (C=O) groups excluding carboxylic acids is 2. The third-order valence-electron chi connectivity index (χ3n) is 3.49. The summed E-state index contributed by atoms with van der Waals surface area (Å²) in [5, 5.41) is 5.41. The molecule has 0 spiro atoms. The van der Waals surface area contributed by atoms with Crippen LogP contribution in [0.15, 0.2) is 46.9 Å². The predicted molar refractivity (Wildman–Crippen MR) is 99.2 cm³/mol. The zero-order valence-corrected chi connectivity index (χ0v) is 15.6. The number of quaternary nitrogens is 1. The minimum atomic E-state index is -0.415. The van der Waals surface area contributed by atoms with E-state index in [-0.39, 0.29) is 24.9 Å². The Labute approximate surface area is 154 Å². The Kier molecular flexibility index (Phi) is 6.66. The van der Waals surface area contributed by atoms with Crippen molar-refractivity contribution < 1.29 is 18.9 Å². The van der Waals surface area contributed by atoms with Crippen molar-refractivity contribution in [3.05, 3.63) is 58.3 Å². The van der Waals surface area contributed by atoms with Gasteiger partial charge in [0.2, 0.25) is 0 Å². The maximum atomic E-state index is 13.1. The summed E-state index contributed by atoms with van der Waals surface area (Å²) in [5.41, 5.74) is 2.17. The van der Waals surface area contributed by atoms with E-state index in [1.165, 1.54) is 18.2 Å². The number of aryl methyl sites for hydroxylation is 1. The molecule has 0 aromatic heterocycles. The van der Waals surface area contributed by atoms with E-state index in [1.54, 1.807) is 13.1 Å². The van der Waals surface area contributed by atoms with Crippen molar-refractivity contribution in [1.82, 2.24) is 0 Å². The van der Waals surface area contributed by atoms with Crippen molar-refractivity contribution >= 4 is 39.1 Å². The first-order valence-corrected chi connectivity index (χ1v) is 8.55. The fourth-order valence-electron chi connectivity index (χ4n) is 2.26. The van der Waals surface area contributed by atoms with Gasteiger partial charge in [-0.05, 0) is 42.8 Å². The van der Waals surface area contributed by atoms with Crippen LogP contribution in [-0.2, 0) is 9.59 Å². The third-order valence-corrected chi connectivity index (χ3v) is 4.34. The molecule has 0 saturated carbocycles. The van der Waals surface area contributed by atoms with Gasteiger partial charge < -0.3 is 15.5 Å². The SMILES string of the molecule is Cc1ccc(NC(=O)C[NH+](C)CC(=O)Nc2cccc(F)c2)cc1Br. The van der Waals surface area contributed by atoms with Crippen LogP contribution in [0.4, 0.5) is 15.8 Å². The molecular formula is C18H20BrFN3O2+. The van der Waals surface area contributed by atoms with E-state index in [4.69, 9.17) is 0 Å². The van der Waals surface area contributed by atoms with E-state index in [0.717, 1.165) is 14.9 Å². The van der Waals surface area contributed by atoms with Gasteiger partial charge in [-0.3, -0.25) is 9.59 Å². The molecule has 0 heterocycles. The Bertz CT molecular complexity index is 783. The quantitative estimate of drug-likeness (QED) is 0.684. The molecule has 25 heavy (non-hydrogen) atoms. The van der Waals surface area contributed by atoms with Gasteiger partial charge in [0.1, 0.15) is 5.82 Å². The van der Waals surface area contributed by atoms with Crippen molar-refractivity contribution in [2.45, 2.75) is 6.92 Å². The van der Waals surface area contributed by atoms with Crippen LogP contribution in [-0.4, -0.2) is 32.0 Å². The number of likely N-dealkylation sites (N-methyl/N-ethyl adjacent to an activating group) is 1. The molecule has 1 atom stereocenters. The molecule has 0 aliphatic rings. The Morgan fingerprint density at radius 3 is 2.20 bits per heavy atom. The van der Waals surface area contributed by atoms with Crippen LogP contribution in [0.3, 0.4) is 0 Å². The van der Waals surface area contributed by atoms with Crippen LogP contribution in [0.2, 0.25) is 0 Å². The Hall–Kier alpha value is -2.25. The summed E-state index contributed by atoms with van der Waals surface area (Å²) < 4.78 is 14.0. The fourth-order valence-corrected chi connectivity index (χ4v) is 2.64. The average Bonchev–Trinajstić information content (AvgIpc) is 2.50. The highest BCUT2D eigenvalue weighted by atomic mass is 79.9. The highest BCUT2D eigenvalue weighted by Crippen LogP contribution is 2.20. The Balaban J connectivity index is 1.82. The van der Waals surface area contributed by atoms with Gasteiger partial charge in [-0.2, -0.15) is 0 Å². The molecule has 2 aromatic rings. The topological polar surface area (TPSA) is 62.6 Å². The molecule has 0 aliphatic carbocycles. The number of nitrogens with one attached hydrogen (secondary N) is 3. The smallest absolute Gasteiger partial charge is 0.279 e. The summed E-state index contributed by atoms with van der Waals surface area (Å²) >= 11 is 3.42. The second-order valence-corrected chi connectivity index (χ2v) is 6.74. The largest absolute Gasteiger partial charge is 0.322 e. The van der Waals surface area contributed by atoms with Gasteiger partial charge in [-0.25, -0.2) is 4.39 Å². The van der Waals surface area contributed by atoms with E-state index >= 15 is 0 Å². The van der Waals surface area contributed by atoms with Crippen LogP contribution in [0, 0.1) is 12.7 Å². The summed E-state index contributed by atoms with van der Waals surface area (Å²) in [6.07, 6.45) is 0. The molecule has 7 heteroatoms. The highest BCUT2D eigenvalue weighted by molar-refractivity contribution is 9.10. The average molecular weight is 409 g/mol. The van der Waals surface area contributed by atoms with E-state index in [0.29, 0.717) is 11.4 Å². The number of hydrogen-bond donors (Lipinski definition) is 3. The second kappa shape index (κ2) is 8.73. The van der Waals surface area contributed by atoms with Crippen LogP contribution >= 0.6 is 15.9 Å². The van der Waals surface area contributed by atoms with Crippen molar-refractivity contribution in [1.29, 1.82) is 0 Å². The van der Waals surface area contributed by atoms with Gasteiger partial charge in [-0.1, -0.05) is 28.1 Å². The normalized spacial score (nSPS) is 11.7. The summed E-state index contributed by atoms with van der Waals surface area (Å²) in [4.78, 5) is 24.8. The molecule has 2 amide bonds. The molecule has 0 fully saturated rings. The maximum absolute atomic E-state index is 13.1. The van der Waals surface area contributed by atoms with Gasteiger partial charge >= 0.3 is 0 Å². The van der Waals surface area contributed by atoms with Gasteiger partial charge in [0, 0.05) is 15.8 Å². The number of rotatable bonds is 6. The number of amides is 2. The van der Waals surface area contributed by atoms with Gasteiger partial charge in [0.15, 0.2) is 13.1 Å². The fraction of sp³-hybridized carbons (Fsp3) is 0.222. The van der Waals surface area contributed by atoms with E-state index in [1.807, 2.05) is 25.1 Å². The Morgan fingerprint density at radius 2 is 1.64 bits per heavy atom. The van der Waals surface area contributed by atoms with Crippen LogP contribution in [0.1, 0.15) is 5.56 Å². The van der Waals surface area contributed by atoms with Crippen molar-refractivity contribution in [3.8, 4) is 0 Å². The molecule has 3 N–H and O–H groups in total. The summed E-state index contributed by atoms with van der Waals surface area (Å²) in [6.45, 7) is 2.20. The third kappa shape index (κ3) is 6.28. The zero-order valence-electron chi connectivity index (χ0n) is 14.0. The summed E-state index contributed by atoms with van der Waals surface area (Å²) in [5.74, 6) is -0.886. The summed E-state index contributed by atoms with van der Waals surface area (Å²) in [7, 11) is 1.75. The van der Waals surface area contributed by atoms with Crippen molar-refractivity contribution in [2.75, 3.05) is 30.8 Å². The first kappa shape index (κ1) is 19.1. The zero-order chi connectivity index (χ0) is 18.4. The van der Waals surface area contributed by atoms with E-state index in [2.05, 4.69) is 26.6 Å². The molecule has 2 rings (SSSR count). The maximum Gasteiger partial charge on any atom is 0.279 e. The minimum absolute atomic E-state index is 0.0987. The number of anilines is 2. The predicted octanol–water partition coefficient (Wildman–Crippen LogP) is 1.99. The van der Waals surface area contributed by atoms with E-state index in [9.17, 15) is 14.0 Å². The molecule has 0 aliphatic heterocycles. The highest BCUT2D eigenvalue weighted by Gasteiger charge is 2.15. The number of carbonyl (C=O) groups is 2. The minimum Gasteiger partial charge on any atom is -0.322 e. The molecule has 1 unspecified atom stereocenters. The molecule has 0 radical (unpaired) electrons. The van der Waals surface area contributed by atoms with E-state index < -0.39 is 5.82 Å². The first-order valence-electron chi connectivity index (χ1n) is 7.76. The van der Waals surface area contributed by atoms with Crippen LogP contribution < -0.4 is 15.5 Å². The standard InChI is InChI=1S/C18H19BrFN3O2/c1-12-6-7-15(9-16(12)19)22-18(25)11-23(2)10-17(24)21-14-5-3-4-13(20)8-14/h3-9H,10-11H2,1-2H3,(H,21,24)(H,22,25)/p+1.